The van der Waals surface area contributed by atoms with Gasteiger partial charge in [-0.2, -0.15) is 4.98 Å². The van der Waals surface area contributed by atoms with Gasteiger partial charge in [-0.1, -0.05) is 5.16 Å². The van der Waals surface area contributed by atoms with E-state index in [0.717, 1.165) is 11.3 Å². The number of hydrogen-bond donors (Lipinski definition) is 0. The number of aromatic nitrogens is 2. The maximum Gasteiger partial charge on any atom is 0.214 e. The van der Waals surface area contributed by atoms with Crippen LogP contribution in [0.15, 0.2) is 35.2 Å². The average molecular weight is 190 g/mol. The summed E-state index contributed by atoms with van der Waals surface area (Å²) in [5, 5.41) is 3.74. The van der Waals surface area contributed by atoms with Crippen molar-refractivity contribution in [3.8, 4) is 17.1 Å². The SMILES string of the molecule is CCOc1ccc(-c2ncon2)cc1. The largest absolute Gasteiger partial charge is 0.494 e. The molecule has 14 heavy (non-hydrogen) atoms. The van der Waals surface area contributed by atoms with Crippen molar-refractivity contribution in [2.45, 2.75) is 6.92 Å². The van der Waals surface area contributed by atoms with E-state index in [4.69, 9.17) is 4.74 Å². The second-order valence-corrected chi connectivity index (χ2v) is 2.71. The molecule has 0 spiro atoms. The number of ether oxygens (including phenoxy) is 1. The highest BCUT2D eigenvalue weighted by molar-refractivity contribution is 5.55. The van der Waals surface area contributed by atoms with Crippen molar-refractivity contribution in [2.24, 2.45) is 0 Å². The molecule has 4 heteroatoms. The summed E-state index contributed by atoms with van der Waals surface area (Å²) >= 11 is 0. The van der Waals surface area contributed by atoms with E-state index >= 15 is 0 Å². The molecule has 0 bridgehead atoms. The smallest absolute Gasteiger partial charge is 0.214 e. The number of benzene rings is 1. The van der Waals surface area contributed by atoms with E-state index in [-0.39, 0.29) is 0 Å². The second-order valence-electron chi connectivity index (χ2n) is 2.71. The summed E-state index contributed by atoms with van der Waals surface area (Å²) in [4.78, 5) is 3.94. The lowest BCUT2D eigenvalue weighted by Gasteiger charge is -2.02. The minimum atomic E-state index is 0.591. The van der Waals surface area contributed by atoms with Crippen molar-refractivity contribution in [3.05, 3.63) is 30.7 Å². The molecule has 1 aromatic carbocycles. The molecular weight excluding hydrogens is 180 g/mol. The van der Waals surface area contributed by atoms with Crippen LogP contribution in [0.1, 0.15) is 6.92 Å². The summed E-state index contributed by atoms with van der Waals surface area (Å²) in [6, 6.07) is 7.57. The van der Waals surface area contributed by atoms with Gasteiger partial charge in [-0.25, -0.2) is 0 Å². The molecule has 0 N–H and O–H groups in total. The lowest BCUT2D eigenvalue weighted by Crippen LogP contribution is -1.90. The number of hydrogen-bond acceptors (Lipinski definition) is 4. The first-order valence-electron chi connectivity index (χ1n) is 4.39. The van der Waals surface area contributed by atoms with Gasteiger partial charge in [0.25, 0.3) is 0 Å². The third-order valence-corrected chi connectivity index (χ3v) is 1.78. The molecule has 72 valence electrons. The lowest BCUT2D eigenvalue weighted by atomic mass is 10.2. The van der Waals surface area contributed by atoms with Crippen molar-refractivity contribution in [3.63, 3.8) is 0 Å². The van der Waals surface area contributed by atoms with Crippen LogP contribution in [-0.4, -0.2) is 16.7 Å². The van der Waals surface area contributed by atoms with E-state index in [9.17, 15) is 0 Å². The Morgan fingerprint density at radius 2 is 2.07 bits per heavy atom. The summed E-state index contributed by atoms with van der Waals surface area (Å²) in [6.07, 6.45) is 1.31. The fraction of sp³-hybridized carbons (Fsp3) is 0.200. The first-order chi connectivity index (χ1) is 6.90. The van der Waals surface area contributed by atoms with Crippen LogP contribution in [0.3, 0.4) is 0 Å². The predicted octanol–water partition coefficient (Wildman–Crippen LogP) is 2.14. The fourth-order valence-electron chi connectivity index (χ4n) is 1.16. The van der Waals surface area contributed by atoms with Gasteiger partial charge in [-0.3, -0.25) is 0 Å². The summed E-state index contributed by atoms with van der Waals surface area (Å²) in [5.74, 6) is 1.44. The molecule has 0 aliphatic heterocycles. The zero-order chi connectivity index (χ0) is 9.80. The Kier molecular flexibility index (Phi) is 2.44. The molecule has 4 nitrogen and oxygen atoms in total. The van der Waals surface area contributed by atoms with Crippen molar-refractivity contribution in [1.29, 1.82) is 0 Å². The van der Waals surface area contributed by atoms with Gasteiger partial charge in [0.1, 0.15) is 5.75 Å². The number of nitrogens with zero attached hydrogens (tertiary/aromatic N) is 2. The molecule has 2 aromatic rings. The Labute approximate surface area is 81.5 Å². The molecule has 1 aromatic heterocycles. The molecule has 0 fully saturated rings. The molecule has 0 saturated heterocycles. The Hall–Kier alpha value is -1.84. The summed E-state index contributed by atoms with van der Waals surface area (Å²) in [6.45, 7) is 2.62. The molecule has 0 aliphatic rings. The van der Waals surface area contributed by atoms with Crippen molar-refractivity contribution in [2.75, 3.05) is 6.61 Å². The van der Waals surface area contributed by atoms with Crippen molar-refractivity contribution >= 4 is 0 Å². The fourth-order valence-corrected chi connectivity index (χ4v) is 1.16. The topological polar surface area (TPSA) is 48.2 Å². The highest BCUT2D eigenvalue weighted by Crippen LogP contribution is 2.18. The minimum Gasteiger partial charge on any atom is -0.494 e. The molecule has 0 atom stereocenters. The van der Waals surface area contributed by atoms with Gasteiger partial charge in [0.05, 0.1) is 6.61 Å². The van der Waals surface area contributed by atoms with E-state index in [1.54, 1.807) is 0 Å². The molecule has 0 aliphatic carbocycles. The molecule has 0 saturated carbocycles. The van der Waals surface area contributed by atoms with Gasteiger partial charge in [-0.15, -0.1) is 0 Å². The van der Waals surface area contributed by atoms with Gasteiger partial charge in [0.2, 0.25) is 12.2 Å². The zero-order valence-electron chi connectivity index (χ0n) is 7.80. The van der Waals surface area contributed by atoms with Crippen LogP contribution in [0.2, 0.25) is 0 Å². The Morgan fingerprint density at radius 1 is 1.29 bits per heavy atom. The van der Waals surface area contributed by atoms with Gasteiger partial charge in [0, 0.05) is 5.56 Å². The van der Waals surface area contributed by atoms with Crippen molar-refractivity contribution < 1.29 is 9.26 Å². The third kappa shape index (κ3) is 1.74. The molecule has 1 heterocycles. The van der Waals surface area contributed by atoms with Gasteiger partial charge < -0.3 is 9.26 Å². The maximum absolute atomic E-state index is 5.31. The van der Waals surface area contributed by atoms with Crippen LogP contribution in [0.25, 0.3) is 11.4 Å². The van der Waals surface area contributed by atoms with Crippen LogP contribution in [0.5, 0.6) is 5.75 Å². The molecular formula is C10H10N2O2. The minimum absolute atomic E-state index is 0.591. The van der Waals surface area contributed by atoms with Crippen LogP contribution >= 0.6 is 0 Å². The third-order valence-electron chi connectivity index (χ3n) is 1.78. The van der Waals surface area contributed by atoms with Crippen molar-refractivity contribution in [1.82, 2.24) is 10.1 Å². The summed E-state index contributed by atoms with van der Waals surface area (Å²) < 4.78 is 9.97. The van der Waals surface area contributed by atoms with E-state index in [1.165, 1.54) is 6.39 Å². The second kappa shape index (κ2) is 3.91. The van der Waals surface area contributed by atoms with E-state index in [0.29, 0.717) is 12.4 Å². The van der Waals surface area contributed by atoms with Crippen LogP contribution in [0, 0.1) is 0 Å². The highest BCUT2D eigenvalue weighted by atomic mass is 16.5. The standard InChI is InChI=1S/C10H10N2O2/c1-2-13-9-5-3-8(4-6-9)10-11-7-14-12-10/h3-7H,2H2,1H3. The maximum atomic E-state index is 5.31. The summed E-state index contributed by atoms with van der Waals surface area (Å²) in [5.41, 5.74) is 0.919. The Bertz CT molecular complexity index is 381. The molecule has 2 rings (SSSR count). The Balaban J connectivity index is 2.22. The van der Waals surface area contributed by atoms with Gasteiger partial charge in [0.15, 0.2) is 0 Å². The van der Waals surface area contributed by atoms with Gasteiger partial charge >= 0.3 is 0 Å². The zero-order valence-corrected chi connectivity index (χ0v) is 7.80. The summed E-state index contributed by atoms with van der Waals surface area (Å²) in [7, 11) is 0. The van der Waals surface area contributed by atoms with Gasteiger partial charge in [-0.05, 0) is 31.2 Å². The predicted molar refractivity (Wildman–Crippen MR) is 50.9 cm³/mol. The number of rotatable bonds is 3. The normalized spacial score (nSPS) is 10.1. The Morgan fingerprint density at radius 3 is 2.64 bits per heavy atom. The van der Waals surface area contributed by atoms with Crippen LogP contribution in [0.4, 0.5) is 0 Å². The van der Waals surface area contributed by atoms with E-state index in [1.807, 2.05) is 31.2 Å². The van der Waals surface area contributed by atoms with E-state index in [2.05, 4.69) is 14.7 Å². The molecule has 0 unspecified atom stereocenters. The van der Waals surface area contributed by atoms with Crippen LogP contribution < -0.4 is 4.74 Å². The monoisotopic (exact) mass is 190 g/mol. The molecule has 0 amide bonds. The van der Waals surface area contributed by atoms with E-state index < -0.39 is 0 Å². The van der Waals surface area contributed by atoms with Crippen LogP contribution in [-0.2, 0) is 0 Å². The molecule has 0 radical (unpaired) electrons. The quantitative estimate of drug-likeness (QED) is 0.743. The lowest BCUT2D eigenvalue weighted by molar-refractivity contribution is 0.340. The first kappa shape index (κ1) is 8.74. The highest BCUT2D eigenvalue weighted by Gasteiger charge is 2.01. The first-order valence-corrected chi connectivity index (χ1v) is 4.39. The average Bonchev–Trinajstić information content (AvgIpc) is 2.72.